The van der Waals surface area contributed by atoms with Gasteiger partial charge >= 0.3 is 129 Å². The molecule has 72 valence electrons. The van der Waals surface area contributed by atoms with Crippen molar-refractivity contribution in [3.8, 4) is 0 Å². The molecule has 0 atom stereocenters. The van der Waals surface area contributed by atoms with Gasteiger partial charge in [0, 0.05) is 0 Å². The van der Waals surface area contributed by atoms with Crippen molar-refractivity contribution in [1.82, 2.24) is 0 Å². The summed E-state index contributed by atoms with van der Waals surface area (Å²) in [6.45, 7) is 0. The van der Waals surface area contributed by atoms with Gasteiger partial charge in [-0.2, -0.15) is 0 Å². The van der Waals surface area contributed by atoms with Gasteiger partial charge in [-0.15, -0.1) is 0 Å². The van der Waals surface area contributed by atoms with Gasteiger partial charge in [0.05, 0.1) is 0 Å². The van der Waals surface area contributed by atoms with Crippen molar-refractivity contribution in [3.05, 3.63) is 49.1 Å². The molecular formula is C10H12Hg2N4+4. The van der Waals surface area contributed by atoms with Crippen molar-refractivity contribution in [2.24, 2.45) is 0 Å². The van der Waals surface area contributed by atoms with Gasteiger partial charge in [-0.25, -0.2) is 0 Å². The Bertz CT molecular complexity index is 343. The molecule has 0 fully saturated rings. The van der Waals surface area contributed by atoms with Crippen LogP contribution in [0.4, 0.5) is 11.4 Å². The van der Waals surface area contributed by atoms with Crippen molar-refractivity contribution >= 4 is 11.4 Å². The summed E-state index contributed by atoms with van der Waals surface area (Å²) in [5.74, 6) is 0. The van der Waals surface area contributed by atoms with Gasteiger partial charge in [0.15, 0.2) is 0 Å². The Kier molecular flexibility index (Phi) is 7.67. The summed E-state index contributed by atoms with van der Waals surface area (Å²) in [6.07, 6.45) is 7.70. The van der Waals surface area contributed by atoms with Crippen molar-refractivity contribution < 1.29 is 62.8 Å². The number of anilines is 2. The average Bonchev–Trinajstić information content (AvgIpc) is 2.41. The molecule has 16 heavy (non-hydrogen) atoms. The Morgan fingerprint density at radius 1 is 0.812 bits per heavy atom. The maximum absolute atomic E-state index is 3.19. The Morgan fingerprint density at radius 3 is 1.44 bits per heavy atom. The first-order valence-corrected chi connectivity index (χ1v) is 10.3. The predicted octanol–water partition coefficient (Wildman–Crippen LogP) is 0.749. The van der Waals surface area contributed by atoms with E-state index < -0.39 is 0 Å². The number of hydrogen-bond acceptors (Lipinski definition) is 2. The van der Waals surface area contributed by atoms with Crippen LogP contribution in [0.3, 0.4) is 0 Å². The van der Waals surface area contributed by atoms with Gasteiger partial charge in [-0.3, -0.25) is 0 Å². The fourth-order valence-electron chi connectivity index (χ4n) is 1.01. The van der Waals surface area contributed by atoms with E-state index >= 15 is 0 Å². The SMILES string of the molecule is [Hg+][NH]c1ccc[nH+]c1.[Hg+][NH]c1ccc[nH+]c1. The van der Waals surface area contributed by atoms with Gasteiger partial charge in [-0.1, -0.05) is 0 Å². The van der Waals surface area contributed by atoms with Crippen LogP contribution < -0.4 is 16.1 Å². The van der Waals surface area contributed by atoms with Crippen LogP contribution in [0.5, 0.6) is 0 Å². The van der Waals surface area contributed by atoms with Gasteiger partial charge in [-0.05, 0) is 0 Å². The molecule has 0 aliphatic rings. The van der Waals surface area contributed by atoms with Gasteiger partial charge in [0.2, 0.25) is 0 Å². The molecule has 2 heterocycles. The Labute approximate surface area is 128 Å². The number of H-pyrrole nitrogens is 2. The van der Waals surface area contributed by atoms with Gasteiger partial charge < -0.3 is 0 Å². The van der Waals surface area contributed by atoms with E-state index in [1.165, 1.54) is 11.4 Å². The van der Waals surface area contributed by atoms with Crippen LogP contribution >= 0.6 is 0 Å². The Balaban J connectivity index is 0.000000160. The standard InChI is InChI=1S/2C5H5N2.2Hg/c2*6-5-2-1-3-7-4-5;;/h2*1-4,6H;;/q2*-1;2*+2/p+2. The van der Waals surface area contributed by atoms with Crippen molar-refractivity contribution in [2.45, 2.75) is 0 Å². The molecule has 0 aliphatic heterocycles. The zero-order valence-corrected chi connectivity index (χ0v) is 20.0. The quantitative estimate of drug-likeness (QED) is 0.509. The first-order chi connectivity index (χ1) is 7.86. The molecule has 2 aromatic heterocycles. The molecule has 2 aromatic rings. The molecule has 0 aromatic carbocycles. The number of nitrogens with one attached hydrogen (secondary N) is 4. The molecule has 0 amide bonds. The number of aromatic amines is 2. The van der Waals surface area contributed by atoms with Crippen LogP contribution in [0.2, 0.25) is 0 Å². The zero-order chi connectivity index (χ0) is 11.6. The summed E-state index contributed by atoms with van der Waals surface area (Å²) in [4.78, 5) is 5.96. The molecule has 0 radical (unpaired) electrons. The summed E-state index contributed by atoms with van der Waals surface area (Å²) in [6, 6.07) is 8.05. The number of hydrogen-bond donors (Lipinski definition) is 2. The van der Waals surface area contributed by atoms with E-state index in [0.717, 1.165) is 0 Å². The summed E-state index contributed by atoms with van der Waals surface area (Å²) in [5.41, 5.74) is 2.38. The predicted molar refractivity (Wildman–Crippen MR) is 53.2 cm³/mol. The van der Waals surface area contributed by atoms with Crippen LogP contribution in [0.25, 0.3) is 0 Å². The fourth-order valence-corrected chi connectivity index (χ4v) is 2.72. The first-order valence-electron chi connectivity index (χ1n) is 4.85. The first kappa shape index (κ1) is 13.8. The molecule has 0 spiro atoms. The summed E-state index contributed by atoms with van der Waals surface area (Å²) < 4.78 is 6.38. The molecule has 0 aliphatic carbocycles. The minimum absolute atomic E-state index is 0.652. The summed E-state index contributed by atoms with van der Waals surface area (Å²) in [7, 11) is 0. The van der Waals surface area contributed by atoms with Crippen LogP contribution in [-0.2, 0) is 52.8 Å². The summed E-state index contributed by atoms with van der Waals surface area (Å²) >= 11 is 1.30. The minimum atomic E-state index is 0.652. The number of rotatable bonds is 2. The summed E-state index contributed by atoms with van der Waals surface area (Å²) in [5, 5.41) is 0. The molecule has 2 rings (SSSR count). The van der Waals surface area contributed by atoms with Crippen molar-refractivity contribution in [1.29, 1.82) is 0 Å². The van der Waals surface area contributed by atoms with Crippen LogP contribution in [0, 0.1) is 0 Å². The van der Waals surface area contributed by atoms with E-state index in [0.29, 0.717) is 52.8 Å². The second-order valence-corrected chi connectivity index (χ2v) is 5.69. The second-order valence-electron chi connectivity index (χ2n) is 2.94. The Hall–Kier alpha value is -0.230. The van der Waals surface area contributed by atoms with E-state index in [9.17, 15) is 0 Å². The molecule has 0 unspecified atom stereocenters. The molecule has 0 saturated carbocycles. The maximum atomic E-state index is 3.19. The topological polar surface area (TPSA) is 52.3 Å². The fraction of sp³-hybridized carbons (Fsp3) is 0. The van der Waals surface area contributed by atoms with Gasteiger partial charge in [0.1, 0.15) is 0 Å². The van der Waals surface area contributed by atoms with Crippen LogP contribution in [-0.4, -0.2) is 0 Å². The molecular weight excluding hydrogens is 577 g/mol. The average molecular weight is 589 g/mol. The molecule has 4 N–H and O–H groups in total. The van der Waals surface area contributed by atoms with E-state index in [1.807, 2.05) is 49.1 Å². The molecule has 4 nitrogen and oxygen atoms in total. The third-order valence-corrected chi connectivity index (χ3v) is 5.00. The van der Waals surface area contributed by atoms with Gasteiger partial charge in [0.25, 0.3) is 0 Å². The molecule has 0 saturated heterocycles. The Morgan fingerprint density at radius 2 is 1.25 bits per heavy atom. The van der Waals surface area contributed by atoms with E-state index in [1.54, 1.807) is 0 Å². The monoisotopic (exact) mass is 592 g/mol. The van der Waals surface area contributed by atoms with Crippen molar-refractivity contribution in [3.63, 3.8) is 0 Å². The number of aromatic nitrogens is 2. The van der Waals surface area contributed by atoms with E-state index in [-0.39, 0.29) is 0 Å². The third kappa shape index (κ3) is 5.75. The van der Waals surface area contributed by atoms with E-state index in [4.69, 9.17) is 0 Å². The number of pyridine rings is 2. The zero-order valence-electron chi connectivity index (χ0n) is 9.03. The van der Waals surface area contributed by atoms with E-state index in [2.05, 4.69) is 16.1 Å². The third-order valence-electron chi connectivity index (χ3n) is 1.82. The normalized spacial score (nSPS) is 8.75. The molecule has 6 heteroatoms. The second kappa shape index (κ2) is 8.87. The van der Waals surface area contributed by atoms with Crippen LogP contribution in [0.15, 0.2) is 49.1 Å². The van der Waals surface area contributed by atoms with Crippen molar-refractivity contribution in [2.75, 3.05) is 6.16 Å². The molecule has 0 bridgehead atoms. The van der Waals surface area contributed by atoms with Crippen LogP contribution in [0.1, 0.15) is 0 Å².